The number of nitrogens with one attached hydrogen (secondary N) is 1. The molecule has 0 aliphatic rings. The third kappa shape index (κ3) is 1.78. The van der Waals surface area contributed by atoms with Gasteiger partial charge in [-0.2, -0.15) is 0 Å². The lowest BCUT2D eigenvalue weighted by molar-refractivity contribution is 0.780. The summed E-state index contributed by atoms with van der Waals surface area (Å²) in [6, 6.07) is 0. The summed E-state index contributed by atoms with van der Waals surface area (Å²) in [6.45, 7) is 0.939. The zero-order valence-electron chi connectivity index (χ0n) is 7.87. The van der Waals surface area contributed by atoms with Crippen LogP contribution in [0.1, 0.15) is 5.69 Å². The van der Waals surface area contributed by atoms with E-state index in [1.54, 1.807) is 6.20 Å². The summed E-state index contributed by atoms with van der Waals surface area (Å²) in [5, 5.41) is 3.10. The molecular formula is C9H11BrN4. The Morgan fingerprint density at radius 2 is 2.43 bits per heavy atom. The van der Waals surface area contributed by atoms with Crippen molar-refractivity contribution in [3.8, 4) is 0 Å². The lowest BCUT2D eigenvalue weighted by Crippen LogP contribution is -2.10. The Balaban J connectivity index is 2.36. The topological polar surface area (TPSA) is 42.2 Å². The molecule has 14 heavy (non-hydrogen) atoms. The summed E-state index contributed by atoms with van der Waals surface area (Å²) in [6.07, 6.45) is 6.61. The number of fused-ring (bicyclic) bond motifs is 1. The first-order chi connectivity index (χ1) is 6.81. The van der Waals surface area contributed by atoms with Crippen molar-refractivity contribution in [1.82, 2.24) is 19.7 Å². The van der Waals surface area contributed by atoms with E-state index in [4.69, 9.17) is 0 Å². The molecule has 0 atom stereocenters. The molecule has 0 unspecified atom stereocenters. The standard InChI is InChI=1S/C9H11BrN4/c1-11-3-2-7-6-14-5-4-12-8(10)9(14)13-7/h4-6,11H,2-3H2,1H3. The number of halogens is 1. The second-order valence-corrected chi connectivity index (χ2v) is 3.79. The molecule has 0 aromatic carbocycles. The molecule has 2 rings (SSSR count). The normalized spacial score (nSPS) is 11.0. The zero-order chi connectivity index (χ0) is 9.97. The van der Waals surface area contributed by atoms with Crippen LogP contribution in [0, 0.1) is 0 Å². The van der Waals surface area contributed by atoms with Gasteiger partial charge in [-0.3, -0.25) is 0 Å². The second kappa shape index (κ2) is 4.06. The highest BCUT2D eigenvalue weighted by Gasteiger charge is 2.04. The van der Waals surface area contributed by atoms with Gasteiger partial charge in [0.1, 0.15) is 4.60 Å². The summed E-state index contributed by atoms with van der Waals surface area (Å²) in [4.78, 5) is 8.58. The molecule has 4 nitrogen and oxygen atoms in total. The molecule has 5 heteroatoms. The van der Waals surface area contributed by atoms with E-state index in [0.717, 1.165) is 28.9 Å². The van der Waals surface area contributed by atoms with Crippen molar-refractivity contribution < 1.29 is 0 Å². The number of aromatic nitrogens is 3. The molecule has 0 radical (unpaired) electrons. The average Bonchev–Trinajstić information content (AvgIpc) is 2.59. The quantitative estimate of drug-likeness (QED) is 0.897. The fourth-order valence-electron chi connectivity index (χ4n) is 1.31. The van der Waals surface area contributed by atoms with Crippen molar-refractivity contribution in [3.63, 3.8) is 0 Å². The predicted molar refractivity (Wildman–Crippen MR) is 58.3 cm³/mol. The Bertz CT molecular complexity index is 437. The summed E-state index contributed by atoms with van der Waals surface area (Å²) in [5.41, 5.74) is 1.95. The minimum atomic E-state index is 0.788. The number of nitrogens with zero attached hydrogens (tertiary/aromatic N) is 3. The van der Waals surface area contributed by atoms with Crippen molar-refractivity contribution in [2.24, 2.45) is 0 Å². The smallest absolute Gasteiger partial charge is 0.170 e. The molecule has 2 aromatic rings. The van der Waals surface area contributed by atoms with E-state index in [-0.39, 0.29) is 0 Å². The van der Waals surface area contributed by atoms with E-state index >= 15 is 0 Å². The van der Waals surface area contributed by atoms with Gasteiger partial charge in [-0.15, -0.1) is 0 Å². The van der Waals surface area contributed by atoms with Crippen molar-refractivity contribution in [2.45, 2.75) is 6.42 Å². The highest BCUT2D eigenvalue weighted by Crippen LogP contribution is 2.13. The molecular weight excluding hydrogens is 244 g/mol. The monoisotopic (exact) mass is 254 g/mol. The van der Waals surface area contributed by atoms with Crippen LogP contribution in [0.15, 0.2) is 23.2 Å². The fourth-order valence-corrected chi connectivity index (χ4v) is 1.72. The van der Waals surface area contributed by atoms with Crippen molar-refractivity contribution >= 4 is 21.6 Å². The van der Waals surface area contributed by atoms with Gasteiger partial charge in [-0.25, -0.2) is 9.97 Å². The van der Waals surface area contributed by atoms with Crippen LogP contribution in [0.3, 0.4) is 0 Å². The molecule has 0 aliphatic carbocycles. The van der Waals surface area contributed by atoms with Crippen LogP contribution in [-0.2, 0) is 6.42 Å². The van der Waals surface area contributed by atoms with Crippen molar-refractivity contribution in [3.05, 3.63) is 28.9 Å². The third-order valence-corrected chi connectivity index (χ3v) is 2.57. The van der Waals surface area contributed by atoms with Crippen LogP contribution in [0.5, 0.6) is 0 Å². The maximum absolute atomic E-state index is 4.46. The molecule has 0 saturated heterocycles. The fraction of sp³-hybridized carbons (Fsp3) is 0.333. The van der Waals surface area contributed by atoms with E-state index in [0.29, 0.717) is 0 Å². The van der Waals surface area contributed by atoms with Crippen LogP contribution in [-0.4, -0.2) is 28.0 Å². The van der Waals surface area contributed by atoms with Gasteiger partial charge in [-0.05, 0) is 23.0 Å². The number of likely N-dealkylation sites (N-methyl/N-ethyl adjacent to an activating group) is 1. The zero-order valence-corrected chi connectivity index (χ0v) is 9.45. The maximum atomic E-state index is 4.46. The number of hydrogen-bond acceptors (Lipinski definition) is 3. The maximum Gasteiger partial charge on any atom is 0.170 e. The second-order valence-electron chi connectivity index (χ2n) is 3.03. The SMILES string of the molecule is CNCCc1cn2ccnc(Br)c2n1. The van der Waals surface area contributed by atoms with E-state index in [9.17, 15) is 0 Å². The van der Waals surface area contributed by atoms with Crippen molar-refractivity contribution in [2.75, 3.05) is 13.6 Å². The highest BCUT2D eigenvalue weighted by molar-refractivity contribution is 9.10. The molecule has 0 spiro atoms. The first-order valence-electron chi connectivity index (χ1n) is 4.44. The Morgan fingerprint density at radius 1 is 1.57 bits per heavy atom. The molecule has 0 aliphatic heterocycles. The highest BCUT2D eigenvalue weighted by atomic mass is 79.9. The van der Waals surface area contributed by atoms with Gasteiger partial charge in [0.25, 0.3) is 0 Å². The Kier molecular flexibility index (Phi) is 2.79. The molecule has 1 N–H and O–H groups in total. The van der Waals surface area contributed by atoms with Crippen molar-refractivity contribution in [1.29, 1.82) is 0 Å². The Hall–Kier alpha value is -0.940. The summed E-state index contributed by atoms with van der Waals surface area (Å²) < 4.78 is 2.76. The minimum absolute atomic E-state index is 0.788. The van der Waals surface area contributed by atoms with Gasteiger partial charge < -0.3 is 9.72 Å². The minimum Gasteiger partial charge on any atom is -0.319 e. The molecule has 0 fully saturated rings. The average molecular weight is 255 g/mol. The van der Waals surface area contributed by atoms with E-state index in [1.165, 1.54) is 0 Å². The number of hydrogen-bond donors (Lipinski definition) is 1. The van der Waals surface area contributed by atoms with Gasteiger partial charge in [0.15, 0.2) is 5.65 Å². The summed E-state index contributed by atoms with van der Waals surface area (Å²) >= 11 is 3.37. The van der Waals surface area contributed by atoms with Gasteiger partial charge >= 0.3 is 0 Å². The lowest BCUT2D eigenvalue weighted by atomic mass is 10.3. The predicted octanol–water partition coefficient (Wildman–Crippen LogP) is 1.25. The van der Waals surface area contributed by atoms with Crippen LogP contribution >= 0.6 is 15.9 Å². The molecule has 2 heterocycles. The van der Waals surface area contributed by atoms with Gasteiger partial charge in [-0.1, -0.05) is 0 Å². The lowest BCUT2D eigenvalue weighted by Gasteiger charge is -1.92. The summed E-state index contributed by atoms with van der Waals surface area (Å²) in [7, 11) is 1.94. The van der Waals surface area contributed by atoms with Gasteiger partial charge in [0.2, 0.25) is 0 Å². The third-order valence-electron chi connectivity index (χ3n) is 2.01. The van der Waals surface area contributed by atoms with Gasteiger partial charge in [0.05, 0.1) is 5.69 Å². The molecule has 2 aromatic heterocycles. The van der Waals surface area contributed by atoms with E-state index < -0.39 is 0 Å². The summed E-state index contributed by atoms with van der Waals surface area (Å²) in [5.74, 6) is 0. The first-order valence-corrected chi connectivity index (χ1v) is 5.23. The molecule has 0 bridgehead atoms. The Labute approximate surface area is 90.5 Å². The Morgan fingerprint density at radius 3 is 3.14 bits per heavy atom. The van der Waals surface area contributed by atoms with Crippen LogP contribution < -0.4 is 5.32 Å². The largest absolute Gasteiger partial charge is 0.319 e. The van der Waals surface area contributed by atoms with Crippen LogP contribution in [0.2, 0.25) is 0 Å². The first kappa shape index (κ1) is 9.61. The molecule has 0 saturated carbocycles. The van der Waals surface area contributed by atoms with E-state index in [2.05, 4.69) is 31.2 Å². The van der Waals surface area contributed by atoms with Crippen LogP contribution in [0.25, 0.3) is 5.65 Å². The van der Waals surface area contributed by atoms with E-state index in [1.807, 2.05) is 23.8 Å². The van der Waals surface area contributed by atoms with Crippen LogP contribution in [0.4, 0.5) is 0 Å². The number of imidazole rings is 1. The molecule has 74 valence electrons. The molecule has 0 amide bonds. The van der Waals surface area contributed by atoms with Gasteiger partial charge in [0, 0.05) is 31.6 Å². The number of rotatable bonds is 3.